The van der Waals surface area contributed by atoms with E-state index in [1.54, 1.807) is 0 Å². The molecule has 0 spiro atoms. The molecule has 3 aliphatic rings. The van der Waals surface area contributed by atoms with Crippen LogP contribution < -0.4 is 0 Å². The van der Waals surface area contributed by atoms with Gasteiger partial charge in [0.1, 0.15) is 5.82 Å². The molecule has 26 heavy (non-hydrogen) atoms. The Balaban J connectivity index is 1.28. The van der Waals surface area contributed by atoms with E-state index < -0.39 is 0 Å². The largest absolute Gasteiger partial charge is 0.379 e. The first-order valence-electron chi connectivity index (χ1n) is 10.9. The lowest BCUT2D eigenvalue weighted by atomic mass is 9.99. The SMILES string of the molecule is c1nc(CC2CCCC2)[nH]c1CN1CCCC[C@@H]1CCN1CCOCC1. The molecule has 1 aromatic heterocycles. The summed E-state index contributed by atoms with van der Waals surface area (Å²) < 4.78 is 5.48. The van der Waals surface area contributed by atoms with Gasteiger partial charge in [-0.2, -0.15) is 0 Å². The zero-order valence-corrected chi connectivity index (χ0v) is 16.3. The van der Waals surface area contributed by atoms with Crippen molar-refractivity contribution in [2.24, 2.45) is 5.92 Å². The van der Waals surface area contributed by atoms with Crippen LogP contribution in [0.25, 0.3) is 0 Å². The van der Waals surface area contributed by atoms with E-state index in [4.69, 9.17) is 4.74 Å². The summed E-state index contributed by atoms with van der Waals surface area (Å²) in [5.74, 6) is 2.08. The fourth-order valence-corrected chi connectivity index (χ4v) is 5.05. The first kappa shape index (κ1) is 18.5. The van der Waals surface area contributed by atoms with Gasteiger partial charge >= 0.3 is 0 Å². The third kappa shape index (κ3) is 5.08. The highest BCUT2D eigenvalue weighted by atomic mass is 16.5. The van der Waals surface area contributed by atoms with Crippen LogP contribution in [-0.2, 0) is 17.7 Å². The predicted molar refractivity (Wildman–Crippen MR) is 104 cm³/mol. The van der Waals surface area contributed by atoms with E-state index in [1.165, 1.54) is 76.0 Å². The van der Waals surface area contributed by atoms with Crippen molar-refractivity contribution >= 4 is 0 Å². The Morgan fingerprint density at radius 1 is 1.04 bits per heavy atom. The summed E-state index contributed by atoms with van der Waals surface area (Å²) in [5.41, 5.74) is 1.32. The van der Waals surface area contributed by atoms with Gasteiger partial charge in [-0.1, -0.05) is 32.1 Å². The molecule has 0 aromatic carbocycles. The van der Waals surface area contributed by atoms with Gasteiger partial charge in [0.25, 0.3) is 0 Å². The van der Waals surface area contributed by atoms with E-state index in [-0.39, 0.29) is 0 Å². The van der Waals surface area contributed by atoms with Crippen molar-refractivity contribution < 1.29 is 4.74 Å². The number of hydrogen-bond donors (Lipinski definition) is 1. The maximum absolute atomic E-state index is 5.48. The second-order valence-corrected chi connectivity index (χ2v) is 8.57. The number of piperidine rings is 1. The molecule has 5 heteroatoms. The highest BCUT2D eigenvalue weighted by molar-refractivity contribution is 5.03. The van der Waals surface area contributed by atoms with E-state index in [2.05, 4.69) is 26.0 Å². The quantitative estimate of drug-likeness (QED) is 0.811. The van der Waals surface area contributed by atoms with Crippen molar-refractivity contribution in [2.45, 2.75) is 70.4 Å². The van der Waals surface area contributed by atoms with Gasteiger partial charge < -0.3 is 9.72 Å². The van der Waals surface area contributed by atoms with Gasteiger partial charge in [0.2, 0.25) is 0 Å². The first-order valence-corrected chi connectivity index (χ1v) is 10.9. The molecule has 0 unspecified atom stereocenters. The second-order valence-electron chi connectivity index (χ2n) is 8.57. The number of aromatic amines is 1. The summed E-state index contributed by atoms with van der Waals surface area (Å²) in [6.07, 6.45) is 14.2. The van der Waals surface area contributed by atoms with Crippen LogP contribution in [0.2, 0.25) is 0 Å². The number of ether oxygens (including phenoxy) is 1. The van der Waals surface area contributed by atoms with E-state index in [0.29, 0.717) is 0 Å². The number of hydrogen-bond acceptors (Lipinski definition) is 4. The molecule has 0 bridgehead atoms. The molecule has 1 N–H and O–H groups in total. The summed E-state index contributed by atoms with van der Waals surface area (Å²) in [6.45, 7) is 7.55. The minimum atomic E-state index is 0.730. The summed E-state index contributed by atoms with van der Waals surface area (Å²) in [6, 6.07) is 0.730. The topological polar surface area (TPSA) is 44.4 Å². The van der Waals surface area contributed by atoms with Gasteiger partial charge in [-0.3, -0.25) is 9.80 Å². The Morgan fingerprint density at radius 2 is 1.85 bits per heavy atom. The average molecular weight is 361 g/mol. The van der Waals surface area contributed by atoms with Crippen molar-refractivity contribution in [3.63, 3.8) is 0 Å². The van der Waals surface area contributed by atoms with Gasteiger partial charge in [-0.05, 0) is 38.3 Å². The molecule has 2 saturated heterocycles. The summed E-state index contributed by atoms with van der Waals surface area (Å²) in [5, 5.41) is 0. The molecule has 1 aliphatic carbocycles. The lowest BCUT2D eigenvalue weighted by molar-refractivity contribution is 0.0301. The van der Waals surface area contributed by atoms with Crippen molar-refractivity contribution in [3.05, 3.63) is 17.7 Å². The van der Waals surface area contributed by atoms with Crippen molar-refractivity contribution in [3.8, 4) is 0 Å². The predicted octanol–water partition coefficient (Wildman–Crippen LogP) is 3.22. The lowest BCUT2D eigenvalue weighted by Gasteiger charge is -2.37. The fraction of sp³-hybridized carbons (Fsp3) is 0.857. The van der Waals surface area contributed by atoms with Crippen molar-refractivity contribution in [2.75, 3.05) is 39.4 Å². The molecule has 3 fully saturated rings. The number of imidazole rings is 1. The van der Waals surface area contributed by atoms with E-state index >= 15 is 0 Å². The molecule has 0 amide bonds. The number of nitrogens with one attached hydrogen (secondary N) is 1. The Bertz CT molecular complexity index is 534. The first-order chi connectivity index (χ1) is 12.9. The average Bonchev–Trinajstić information content (AvgIpc) is 3.34. The molecule has 0 radical (unpaired) electrons. The Morgan fingerprint density at radius 3 is 2.69 bits per heavy atom. The van der Waals surface area contributed by atoms with Gasteiger partial charge in [0.15, 0.2) is 0 Å². The highest BCUT2D eigenvalue weighted by Crippen LogP contribution is 2.27. The maximum Gasteiger partial charge on any atom is 0.106 e. The molecular formula is C21H36N4O. The number of rotatable bonds is 7. The zero-order chi connectivity index (χ0) is 17.6. The molecule has 3 heterocycles. The summed E-state index contributed by atoms with van der Waals surface area (Å²) >= 11 is 0. The van der Waals surface area contributed by atoms with Crippen LogP contribution in [0.3, 0.4) is 0 Å². The number of likely N-dealkylation sites (tertiary alicyclic amines) is 1. The maximum atomic E-state index is 5.48. The van der Waals surface area contributed by atoms with Crippen molar-refractivity contribution in [1.82, 2.24) is 19.8 Å². The minimum Gasteiger partial charge on any atom is -0.379 e. The summed E-state index contributed by atoms with van der Waals surface area (Å²) in [4.78, 5) is 13.6. The smallest absolute Gasteiger partial charge is 0.106 e. The third-order valence-corrected chi connectivity index (χ3v) is 6.64. The van der Waals surface area contributed by atoms with Crippen LogP contribution in [0.5, 0.6) is 0 Å². The minimum absolute atomic E-state index is 0.730. The molecule has 2 aliphatic heterocycles. The fourth-order valence-electron chi connectivity index (χ4n) is 5.05. The Kier molecular flexibility index (Phi) is 6.63. The van der Waals surface area contributed by atoms with Gasteiger partial charge in [-0.15, -0.1) is 0 Å². The molecular weight excluding hydrogens is 324 g/mol. The third-order valence-electron chi connectivity index (χ3n) is 6.64. The van der Waals surface area contributed by atoms with E-state index in [1.807, 2.05) is 0 Å². The van der Waals surface area contributed by atoms with Crippen LogP contribution in [0.15, 0.2) is 6.20 Å². The van der Waals surface area contributed by atoms with Crippen LogP contribution in [0.4, 0.5) is 0 Å². The normalized spacial score (nSPS) is 26.5. The molecule has 5 nitrogen and oxygen atoms in total. The summed E-state index contributed by atoms with van der Waals surface area (Å²) in [7, 11) is 0. The number of morpholine rings is 1. The monoisotopic (exact) mass is 360 g/mol. The second kappa shape index (κ2) is 9.34. The van der Waals surface area contributed by atoms with Crippen LogP contribution >= 0.6 is 0 Å². The van der Waals surface area contributed by atoms with E-state index in [9.17, 15) is 0 Å². The Labute approximate surface area is 158 Å². The standard InChI is InChI=1S/C21H36N4O/c1-2-6-18(5-1)15-21-22-16-19(23-21)17-25-9-4-3-7-20(25)8-10-24-11-13-26-14-12-24/h16,18,20H,1-15,17H2,(H,22,23)/t20-/m1/s1. The van der Waals surface area contributed by atoms with Crippen LogP contribution in [0, 0.1) is 5.92 Å². The number of aromatic nitrogens is 2. The molecule has 1 saturated carbocycles. The molecule has 146 valence electrons. The molecule has 4 rings (SSSR count). The number of H-pyrrole nitrogens is 1. The van der Waals surface area contributed by atoms with Gasteiger partial charge in [-0.25, -0.2) is 4.98 Å². The Hall–Kier alpha value is -0.910. The van der Waals surface area contributed by atoms with Crippen molar-refractivity contribution in [1.29, 1.82) is 0 Å². The van der Waals surface area contributed by atoms with Gasteiger partial charge in [0.05, 0.1) is 13.2 Å². The van der Waals surface area contributed by atoms with Gasteiger partial charge in [0, 0.05) is 44.0 Å². The highest BCUT2D eigenvalue weighted by Gasteiger charge is 2.24. The zero-order valence-electron chi connectivity index (χ0n) is 16.3. The lowest BCUT2D eigenvalue weighted by Crippen LogP contribution is -2.43. The van der Waals surface area contributed by atoms with Crippen LogP contribution in [-0.4, -0.2) is 65.2 Å². The van der Waals surface area contributed by atoms with Crippen LogP contribution in [0.1, 0.15) is 62.9 Å². The number of nitrogens with zero attached hydrogens (tertiary/aromatic N) is 3. The molecule has 1 aromatic rings. The molecule has 1 atom stereocenters. The van der Waals surface area contributed by atoms with E-state index in [0.717, 1.165) is 51.2 Å².